The molecule has 1 amide bonds. The number of rotatable bonds is 1. The van der Waals surface area contributed by atoms with Crippen molar-refractivity contribution in [2.45, 2.75) is 6.92 Å². The molecular weight excluding hydrogens is 339 g/mol. The molecule has 69 valence electrons. The van der Waals surface area contributed by atoms with Gasteiger partial charge in [-0.15, -0.1) is 0 Å². The summed E-state index contributed by atoms with van der Waals surface area (Å²) in [6.07, 6.45) is 0. The normalized spacial score (nSPS) is 8.42. The minimum absolute atomic E-state index is 0. The number of phenols is 1. The maximum Gasteiger partial charge on any atom is 0.221 e. The standard InChI is InChI=1S/C8H9NO2.Au/c1-6(10)9-7-2-4-8(11)5-3-7;/h2-5,11H,1H3,(H,9,10);. The number of carbonyl (C=O) groups excluding carboxylic acids is 1. The fraction of sp³-hybridized carbons (Fsp3) is 0.125. The first kappa shape index (κ1) is 11.2. The second-order valence-electron chi connectivity index (χ2n) is 2.23. The van der Waals surface area contributed by atoms with E-state index in [0.717, 1.165) is 0 Å². The van der Waals surface area contributed by atoms with Crippen LogP contribution in [0.3, 0.4) is 0 Å². The SMILES string of the molecule is CC(=O)Nc1ccc(O)cc1.[Au]. The van der Waals surface area contributed by atoms with Crippen molar-refractivity contribution < 1.29 is 32.3 Å². The molecule has 0 saturated heterocycles. The second-order valence-corrected chi connectivity index (χ2v) is 2.23. The number of phenolic OH excluding ortho intramolecular Hbond substituents is 1. The van der Waals surface area contributed by atoms with Crippen LogP contribution < -0.4 is 5.32 Å². The van der Waals surface area contributed by atoms with Gasteiger partial charge in [0.2, 0.25) is 5.91 Å². The maximum atomic E-state index is 10.5. The Morgan fingerprint density at radius 2 is 1.83 bits per heavy atom. The summed E-state index contributed by atoms with van der Waals surface area (Å²) in [5.41, 5.74) is 0.690. The molecule has 0 heterocycles. The minimum Gasteiger partial charge on any atom is -0.508 e. The van der Waals surface area contributed by atoms with Gasteiger partial charge < -0.3 is 10.4 Å². The van der Waals surface area contributed by atoms with Crippen molar-refractivity contribution in [2.24, 2.45) is 0 Å². The van der Waals surface area contributed by atoms with E-state index in [1.54, 1.807) is 12.1 Å². The van der Waals surface area contributed by atoms with Crippen molar-refractivity contribution in [3.63, 3.8) is 0 Å². The molecule has 0 spiro atoms. The molecule has 0 aliphatic rings. The van der Waals surface area contributed by atoms with Crippen LogP contribution in [-0.2, 0) is 27.2 Å². The van der Waals surface area contributed by atoms with Crippen LogP contribution in [0.1, 0.15) is 6.92 Å². The third-order valence-electron chi connectivity index (χ3n) is 1.19. The van der Waals surface area contributed by atoms with Crippen LogP contribution in [0.2, 0.25) is 0 Å². The molecule has 0 aliphatic heterocycles. The molecule has 0 aliphatic carbocycles. The first-order valence-corrected chi connectivity index (χ1v) is 3.25. The number of hydrogen-bond donors (Lipinski definition) is 2. The molecule has 2 N–H and O–H groups in total. The molecule has 0 aromatic heterocycles. The van der Waals surface area contributed by atoms with Crippen molar-refractivity contribution in [1.82, 2.24) is 0 Å². The van der Waals surface area contributed by atoms with Gasteiger partial charge in [-0.25, -0.2) is 0 Å². The van der Waals surface area contributed by atoms with Gasteiger partial charge in [-0.3, -0.25) is 4.79 Å². The molecule has 0 saturated carbocycles. The molecule has 0 bridgehead atoms. The molecule has 12 heavy (non-hydrogen) atoms. The van der Waals surface area contributed by atoms with Gasteiger partial charge in [-0.1, -0.05) is 0 Å². The summed E-state index contributed by atoms with van der Waals surface area (Å²) < 4.78 is 0. The predicted molar refractivity (Wildman–Crippen MR) is 42.4 cm³/mol. The predicted octanol–water partition coefficient (Wildman–Crippen LogP) is 1.35. The van der Waals surface area contributed by atoms with E-state index in [1.165, 1.54) is 19.1 Å². The van der Waals surface area contributed by atoms with E-state index in [-0.39, 0.29) is 34.0 Å². The fourth-order valence-electron chi connectivity index (χ4n) is 0.748. The summed E-state index contributed by atoms with van der Waals surface area (Å²) in [7, 11) is 0. The van der Waals surface area contributed by atoms with Crippen LogP contribution in [-0.4, -0.2) is 11.0 Å². The molecule has 1 aromatic carbocycles. The topological polar surface area (TPSA) is 49.3 Å². The monoisotopic (exact) mass is 348 g/mol. The number of carbonyl (C=O) groups is 1. The zero-order valence-corrected chi connectivity index (χ0v) is 8.63. The Labute approximate surface area is 86.3 Å². The van der Waals surface area contributed by atoms with Crippen LogP contribution in [0.25, 0.3) is 0 Å². The van der Waals surface area contributed by atoms with Crippen molar-refractivity contribution in [3.05, 3.63) is 24.3 Å². The fourth-order valence-corrected chi connectivity index (χ4v) is 0.748. The first-order valence-electron chi connectivity index (χ1n) is 3.25. The summed E-state index contributed by atoms with van der Waals surface area (Å²) >= 11 is 0. The Bertz CT molecular complexity index is 258. The number of anilines is 1. The van der Waals surface area contributed by atoms with Crippen LogP contribution in [0, 0.1) is 0 Å². The molecule has 4 heteroatoms. The van der Waals surface area contributed by atoms with Crippen molar-refractivity contribution >= 4 is 11.6 Å². The summed E-state index contributed by atoms with van der Waals surface area (Å²) in [4.78, 5) is 10.5. The van der Waals surface area contributed by atoms with E-state index in [4.69, 9.17) is 5.11 Å². The van der Waals surface area contributed by atoms with Gasteiger partial charge >= 0.3 is 0 Å². The minimum atomic E-state index is -0.115. The van der Waals surface area contributed by atoms with Gasteiger partial charge in [0.05, 0.1) is 0 Å². The largest absolute Gasteiger partial charge is 0.508 e. The Hall–Kier alpha value is -0.770. The van der Waals surface area contributed by atoms with Gasteiger partial charge in [0, 0.05) is 35.0 Å². The van der Waals surface area contributed by atoms with Crippen LogP contribution >= 0.6 is 0 Å². The number of amides is 1. The molecular formula is C8H9AuNO2. The number of aromatic hydroxyl groups is 1. The molecule has 0 fully saturated rings. The van der Waals surface area contributed by atoms with Crippen molar-refractivity contribution in [3.8, 4) is 5.75 Å². The van der Waals surface area contributed by atoms with Crippen LogP contribution in [0.15, 0.2) is 24.3 Å². The summed E-state index contributed by atoms with van der Waals surface area (Å²) in [5.74, 6) is 0.0785. The van der Waals surface area contributed by atoms with Crippen molar-refractivity contribution in [2.75, 3.05) is 5.32 Å². The zero-order chi connectivity index (χ0) is 8.27. The summed E-state index contributed by atoms with van der Waals surface area (Å²) in [5, 5.41) is 11.5. The Balaban J connectivity index is 0.00000121. The summed E-state index contributed by atoms with van der Waals surface area (Å²) in [6.45, 7) is 1.44. The van der Waals surface area contributed by atoms with Gasteiger partial charge in [0.15, 0.2) is 0 Å². The van der Waals surface area contributed by atoms with Gasteiger partial charge in [0.1, 0.15) is 5.75 Å². The first-order chi connectivity index (χ1) is 5.18. The van der Waals surface area contributed by atoms with Gasteiger partial charge in [-0.05, 0) is 24.3 Å². The Kier molecular flexibility index (Phi) is 4.66. The third kappa shape index (κ3) is 3.57. The molecule has 3 nitrogen and oxygen atoms in total. The molecule has 1 radical (unpaired) electrons. The van der Waals surface area contributed by atoms with E-state index < -0.39 is 0 Å². The Morgan fingerprint density at radius 1 is 1.33 bits per heavy atom. The quantitative estimate of drug-likeness (QED) is 0.595. The second kappa shape index (κ2) is 4.98. The third-order valence-corrected chi connectivity index (χ3v) is 1.19. The van der Waals surface area contributed by atoms with Crippen LogP contribution in [0.5, 0.6) is 5.75 Å². The van der Waals surface area contributed by atoms with E-state index >= 15 is 0 Å². The number of benzene rings is 1. The van der Waals surface area contributed by atoms with E-state index in [0.29, 0.717) is 5.69 Å². The van der Waals surface area contributed by atoms with E-state index in [1.807, 2.05) is 0 Å². The zero-order valence-electron chi connectivity index (χ0n) is 6.47. The van der Waals surface area contributed by atoms with Crippen LogP contribution in [0.4, 0.5) is 5.69 Å². The number of hydrogen-bond acceptors (Lipinski definition) is 2. The van der Waals surface area contributed by atoms with Gasteiger partial charge in [0.25, 0.3) is 0 Å². The molecule has 1 rings (SSSR count). The average molecular weight is 348 g/mol. The van der Waals surface area contributed by atoms with E-state index in [9.17, 15) is 4.79 Å². The van der Waals surface area contributed by atoms with Crippen molar-refractivity contribution in [1.29, 1.82) is 0 Å². The van der Waals surface area contributed by atoms with Gasteiger partial charge in [-0.2, -0.15) is 0 Å². The summed E-state index contributed by atoms with van der Waals surface area (Å²) in [6, 6.07) is 6.31. The smallest absolute Gasteiger partial charge is 0.221 e. The molecule has 1 aromatic rings. The molecule has 0 atom stereocenters. The van der Waals surface area contributed by atoms with E-state index in [2.05, 4.69) is 5.32 Å². The Morgan fingerprint density at radius 3 is 2.25 bits per heavy atom. The maximum absolute atomic E-state index is 10.5. The average Bonchev–Trinajstić information content (AvgIpc) is 1.93. The number of nitrogens with one attached hydrogen (secondary N) is 1. The molecule has 0 unspecified atom stereocenters.